The molecule has 0 aliphatic carbocycles. The minimum atomic E-state index is -0.362. The first-order valence-corrected chi connectivity index (χ1v) is 7.17. The molecule has 1 aliphatic heterocycles. The van der Waals surface area contributed by atoms with Crippen LogP contribution in [0.4, 0.5) is 0 Å². The van der Waals surface area contributed by atoms with E-state index in [4.69, 9.17) is 0 Å². The number of amides is 2. The Morgan fingerprint density at radius 1 is 1.30 bits per heavy atom. The van der Waals surface area contributed by atoms with Gasteiger partial charge >= 0.3 is 0 Å². The van der Waals surface area contributed by atoms with E-state index in [0.717, 1.165) is 25.8 Å². The highest BCUT2D eigenvalue weighted by atomic mass is 16.2. The topological polar surface area (TPSA) is 49.4 Å². The average molecular weight is 274 g/mol. The third-order valence-electron chi connectivity index (χ3n) is 4.04. The Hall–Kier alpha value is -1.84. The molecule has 1 saturated heterocycles. The minimum Gasteiger partial charge on any atom is -0.347 e. The van der Waals surface area contributed by atoms with E-state index in [1.807, 2.05) is 11.0 Å². The zero-order valence-electron chi connectivity index (χ0n) is 12.2. The van der Waals surface area contributed by atoms with Crippen LogP contribution >= 0.6 is 0 Å². The molecular weight excluding hydrogens is 252 g/mol. The molecule has 1 N–H and O–H groups in total. The number of carbonyl (C=O) groups is 2. The first-order chi connectivity index (χ1) is 9.63. The zero-order chi connectivity index (χ0) is 14.5. The fourth-order valence-electron chi connectivity index (χ4n) is 2.79. The molecule has 1 aliphatic rings. The Morgan fingerprint density at radius 3 is 2.65 bits per heavy atom. The molecule has 0 bridgehead atoms. The van der Waals surface area contributed by atoms with E-state index in [1.165, 1.54) is 16.7 Å². The lowest BCUT2D eigenvalue weighted by Gasteiger charge is -2.25. The molecule has 2 rings (SSSR count). The van der Waals surface area contributed by atoms with Gasteiger partial charge in [-0.25, -0.2) is 0 Å². The van der Waals surface area contributed by atoms with Crippen molar-refractivity contribution in [2.75, 3.05) is 6.54 Å². The molecule has 0 saturated carbocycles. The van der Waals surface area contributed by atoms with E-state index >= 15 is 0 Å². The Kier molecular flexibility index (Phi) is 4.77. The largest absolute Gasteiger partial charge is 0.347 e. The summed E-state index contributed by atoms with van der Waals surface area (Å²) < 4.78 is 0. The molecule has 0 radical (unpaired) electrons. The fourth-order valence-corrected chi connectivity index (χ4v) is 2.79. The van der Waals surface area contributed by atoms with Crippen molar-refractivity contribution in [1.82, 2.24) is 10.2 Å². The summed E-state index contributed by atoms with van der Waals surface area (Å²) in [6.45, 7) is 5.55. The Balaban J connectivity index is 2.18. The number of carbonyl (C=O) groups excluding carboxylic acids is 2. The van der Waals surface area contributed by atoms with Crippen molar-refractivity contribution < 1.29 is 9.59 Å². The molecule has 1 atom stereocenters. The number of aryl methyl sites for hydroxylation is 2. The third kappa shape index (κ3) is 3.18. The lowest BCUT2D eigenvalue weighted by Crippen LogP contribution is -2.44. The van der Waals surface area contributed by atoms with E-state index < -0.39 is 0 Å². The molecule has 4 heteroatoms. The number of likely N-dealkylation sites (tertiary alicyclic amines) is 1. The van der Waals surface area contributed by atoms with Gasteiger partial charge in [-0.15, -0.1) is 0 Å². The summed E-state index contributed by atoms with van der Waals surface area (Å²) in [5.74, 6) is 0.0391. The molecule has 4 nitrogen and oxygen atoms in total. The van der Waals surface area contributed by atoms with Crippen molar-refractivity contribution in [3.05, 3.63) is 34.9 Å². The second-order valence-corrected chi connectivity index (χ2v) is 5.46. The summed E-state index contributed by atoms with van der Waals surface area (Å²) in [5, 5.41) is 2.65. The van der Waals surface area contributed by atoms with Crippen LogP contribution in [0.15, 0.2) is 18.2 Å². The molecule has 1 aromatic rings. The normalized spacial score (nSPS) is 19.6. The maximum absolute atomic E-state index is 12.5. The Labute approximate surface area is 120 Å². The van der Waals surface area contributed by atoms with E-state index in [2.05, 4.69) is 31.3 Å². The quantitative estimate of drug-likeness (QED) is 0.853. The molecule has 0 aromatic heterocycles. The van der Waals surface area contributed by atoms with Crippen molar-refractivity contribution in [3.63, 3.8) is 0 Å². The number of nitrogens with one attached hydrogen (secondary N) is 1. The third-order valence-corrected chi connectivity index (χ3v) is 4.04. The predicted molar refractivity (Wildman–Crippen MR) is 78.2 cm³/mol. The van der Waals surface area contributed by atoms with Gasteiger partial charge in [0.15, 0.2) is 0 Å². The molecule has 2 amide bonds. The number of hydrogen-bond acceptors (Lipinski definition) is 2. The van der Waals surface area contributed by atoms with Crippen LogP contribution in [-0.4, -0.2) is 29.8 Å². The second kappa shape index (κ2) is 6.55. The second-order valence-electron chi connectivity index (χ2n) is 5.46. The van der Waals surface area contributed by atoms with E-state index in [-0.39, 0.29) is 11.9 Å². The van der Waals surface area contributed by atoms with Crippen molar-refractivity contribution in [3.8, 4) is 0 Å². The van der Waals surface area contributed by atoms with Crippen LogP contribution in [0.2, 0.25) is 0 Å². The molecule has 1 fully saturated rings. The summed E-state index contributed by atoms with van der Waals surface area (Å²) in [7, 11) is 0. The van der Waals surface area contributed by atoms with Crippen molar-refractivity contribution in [2.45, 2.75) is 45.7 Å². The number of nitrogens with zero attached hydrogens (tertiary/aromatic N) is 1. The zero-order valence-corrected chi connectivity index (χ0v) is 12.2. The van der Waals surface area contributed by atoms with Gasteiger partial charge in [-0.1, -0.05) is 18.2 Å². The van der Waals surface area contributed by atoms with Gasteiger partial charge in [0.05, 0.1) is 0 Å². The summed E-state index contributed by atoms with van der Waals surface area (Å²) in [6.07, 6.45) is 3.33. The molecule has 108 valence electrons. The number of rotatable bonds is 4. The smallest absolute Gasteiger partial charge is 0.245 e. The van der Waals surface area contributed by atoms with Crippen molar-refractivity contribution in [1.29, 1.82) is 0 Å². The van der Waals surface area contributed by atoms with Crippen LogP contribution in [-0.2, 0) is 16.1 Å². The van der Waals surface area contributed by atoms with E-state index in [1.54, 1.807) is 0 Å². The highest BCUT2D eigenvalue weighted by Gasteiger charge is 2.26. The fraction of sp³-hybridized carbons (Fsp3) is 0.500. The van der Waals surface area contributed by atoms with Crippen LogP contribution in [0.1, 0.15) is 36.0 Å². The molecule has 1 aromatic carbocycles. The van der Waals surface area contributed by atoms with Gasteiger partial charge in [0.25, 0.3) is 0 Å². The average Bonchev–Trinajstić information content (AvgIpc) is 2.59. The van der Waals surface area contributed by atoms with E-state index in [9.17, 15) is 9.59 Å². The lowest BCUT2D eigenvalue weighted by molar-refractivity contribution is -0.134. The molecule has 0 spiro atoms. The molecular formula is C16H22N2O2. The maximum Gasteiger partial charge on any atom is 0.245 e. The maximum atomic E-state index is 12.5. The molecule has 0 unspecified atom stereocenters. The van der Waals surface area contributed by atoms with Crippen molar-refractivity contribution in [2.24, 2.45) is 0 Å². The minimum absolute atomic E-state index is 0.0391. The predicted octanol–water partition coefficient (Wildman–Crippen LogP) is 1.93. The van der Waals surface area contributed by atoms with Gasteiger partial charge in [-0.3, -0.25) is 9.59 Å². The standard InChI is InChI=1S/C16H22N2O2/c1-12-6-5-7-13(2)14(12)10-18-9-4-3-8-15(16(18)20)17-11-19/h5-7,11,15H,3-4,8-10H2,1-2H3,(H,17,19)/t15-/m0/s1. The first-order valence-electron chi connectivity index (χ1n) is 7.17. The Bertz CT molecular complexity index is 479. The summed E-state index contributed by atoms with van der Waals surface area (Å²) in [6, 6.07) is 5.83. The van der Waals surface area contributed by atoms with Gasteiger partial charge < -0.3 is 10.2 Å². The van der Waals surface area contributed by atoms with Crippen LogP contribution < -0.4 is 5.32 Å². The summed E-state index contributed by atoms with van der Waals surface area (Å²) in [5.41, 5.74) is 3.64. The van der Waals surface area contributed by atoms with Crippen LogP contribution in [0.25, 0.3) is 0 Å². The van der Waals surface area contributed by atoms with Gasteiger partial charge in [0.1, 0.15) is 6.04 Å². The van der Waals surface area contributed by atoms with Crippen LogP contribution in [0.3, 0.4) is 0 Å². The summed E-state index contributed by atoms with van der Waals surface area (Å²) >= 11 is 0. The molecule has 20 heavy (non-hydrogen) atoms. The van der Waals surface area contributed by atoms with Gasteiger partial charge in [-0.05, 0) is 49.8 Å². The lowest BCUT2D eigenvalue weighted by atomic mass is 10.0. The van der Waals surface area contributed by atoms with Gasteiger partial charge in [-0.2, -0.15) is 0 Å². The Morgan fingerprint density at radius 2 is 2.00 bits per heavy atom. The van der Waals surface area contributed by atoms with Crippen molar-refractivity contribution >= 4 is 12.3 Å². The number of benzene rings is 1. The molecule has 1 heterocycles. The van der Waals surface area contributed by atoms with Gasteiger partial charge in [0, 0.05) is 13.1 Å². The van der Waals surface area contributed by atoms with E-state index in [0.29, 0.717) is 13.0 Å². The highest BCUT2D eigenvalue weighted by Crippen LogP contribution is 2.19. The van der Waals surface area contributed by atoms with Crippen LogP contribution in [0.5, 0.6) is 0 Å². The summed E-state index contributed by atoms with van der Waals surface area (Å²) in [4.78, 5) is 25.0. The van der Waals surface area contributed by atoms with Gasteiger partial charge in [0.2, 0.25) is 12.3 Å². The van der Waals surface area contributed by atoms with Crippen LogP contribution in [0, 0.1) is 13.8 Å². The monoisotopic (exact) mass is 274 g/mol. The first kappa shape index (κ1) is 14.6. The SMILES string of the molecule is Cc1cccc(C)c1CN1CCCC[C@H](NC=O)C1=O. The number of hydrogen-bond donors (Lipinski definition) is 1. The highest BCUT2D eigenvalue weighted by molar-refractivity contribution is 5.84.